The molecule has 1 aromatic carbocycles. The molecule has 3 rings (SSSR count). The quantitative estimate of drug-likeness (QED) is 0.686. The first-order chi connectivity index (χ1) is 8.36. The molecule has 4 heteroatoms. The molecule has 0 fully saturated rings. The van der Waals surface area contributed by atoms with Crippen LogP contribution in [0.5, 0.6) is 0 Å². The summed E-state index contributed by atoms with van der Waals surface area (Å²) in [5.74, 6) is 0. The lowest BCUT2D eigenvalue weighted by atomic mass is 10.0. The molecule has 0 saturated carbocycles. The maximum atomic E-state index is 11.7. The van der Waals surface area contributed by atoms with Crippen molar-refractivity contribution in [2.75, 3.05) is 0 Å². The molecule has 0 aliphatic carbocycles. The van der Waals surface area contributed by atoms with Gasteiger partial charge in [0.2, 0.25) is 0 Å². The number of benzene rings is 1. The van der Waals surface area contributed by atoms with Crippen molar-refractivity contribution >= 4 is 10.8 Å². The molecule has 82 valence electrons. The Morgan fingerprint density at radius 2 is 1.94 bits per heavy atom. The summed E-state index contributed by atoms with van der Waals surface area (Å²) in [6, 6.07) is 7.73. The fourth-order valence-corrected chi connectivity index (χ4v) is 1.88. The summed E-state index contributed by atoms with van der Waals surface area (Å²) in [6.45, 7) is 0. The van der Waals surface area contributed by atoms with Gasteiger partial charge in [-0.3, -0.25) is 9.78 Å². The van der Waals surface area contributed by atoms with E-state index in [1.807, 2.05) is 24.3 Å². The van der Waals surface area contributed by atoms with Crippen LogP contribution in [0.15, 0.2) is 54.0 Å². The average Bonchev–Trinajstić information content (AvgIpc) is 2.39. The van der Waals surface area contributed by atoms with E-state index in [1.165, 1.54) is 6.33 Å². The zero-order valence-electron chi connectivity index (χ0n) is 8.92. The van der Waals surface area contributed by atoms with E-state index < -0.39 is 0 Å². The van der Waals surface area contributed by atoms with Crippen molar-refractivity contribution in [1.82, 2.24) is 15.0 Å². The normalized spacial score (nSPS) is 10.6. The van der Waals surface area contributed by atoms with Crippen molar-refractivity contribution in [2.45, 2.75) is 0 Å². The number of hydrogen-bond donors (Lipinski definition) is 1. The van der Waals surface area contributed by atoms with Gasteiger partial charge in [-0.15, -0.1) is 0 Å². The Labute approximate surface area is 97.0 Å². The Bertz CT molecular complexity index is 728. The standard InChI is InChI=1S/C13H9N3O/c17-13-12(7-15-8-16-13)10-3-1-2-9-4-5-14-6-11(9)10/h1-8H,(H,15,16,17). The molecule has 1 N–H and O–H groups in total. The molecule has 0 unspecified atom stereocenters. The van der Waals surface area contributed by atoms with E-state index in [0.717, 1.165) is 16.3 Å². The van der Waals surface area contributed by atoms with Crippen LogP contribution in [-0.4, -0.2) is 15.0 Å². The summed E-state index contributed by atoms with van der Waals surface area (Å²) in [5.41, 5.74) is 1.27. The Balaban J connectivity index is 2.39. The molecule has 0 aliphatic heterocycles. The van der Waals surface area contributed by atoms with E-state index in [-0.39, 0.29) is 5.56 Å². The van der Waals surface area contributed by atoms with E-state index in [2.05, 4.69) is 15.0 Å². The first-order valence-corrected chi connectivity index (χ1v) is 5.22. The second kappa shape index (κ2) is 3.83. The van der Waals surface area contributed by atoms with Crippen LogP contribution < -0.4 is 5.56 Å². The van der Waals surface area contributed by atoms with Crippen molar-refractivity contribution in [3.8, 4) is 11.1 Å². The minimum Gasteiger partial charge on any atom is -0.313 e. The van der Waals surface area contributed by atoms with Crippen molar-refractivity contribution in [2.24, 2.45) is 0 Å². The topological polar surface area (TPSA) is 58.6 Å². The smallest absolute Gasteiger partial charge is 0.258 e. The number of rotatable bonds is 1. The Morgan fingerprint density at radius 1 is 1.00 bits per heavy atom. The molecule has 0 aliphatic rings. The molecule has 0 spiro atoms. The monoisotopic (exact) mass is 223 g/mol. The van der Waals surface area contributed by atoms with Crippen LogP contribution in [0.25, 0.3) is 21.9 Å². The first kappa shape index (κ1) is 9.72. The van der Waals surface area contributed by atoms with E-state index in [4.69, 9.17) is 0 Å². The SMILES string of the molecule is O=c1[nH]cncc1-c1cccc2ccncc12. The van der Waals surface area contributed by atoms with E-state index in [0.29, 0.717) is 5.56 Å². The van der Waals surface area contributed by atoms with Crippen LogP contribution in [0.3, 0.4) is 0 Å². The van der Waals surface area contributed by atoms with Crippen LogP contribution >= 0.6 is 0 Å². The first-order valence-electron chi connectivity index (χ1n) is 5.22. The third-order valence-electron chi connectivity index (χ3n) is 2.69. The molecule has 2 heterocycles. The van der Waals surface area contributed by atoms with Gasteiger partial charge in [0.1, 0.15) is 0 Å². The highest BCUT2D eigenvalue weighted by Gasteiger charge is 2.06. The van der Waals surface area contributed by atoms with Gasteiger partial charge in [-0.05, 0) is 17.0 Å². The van der Waals surface area contributed by atoms with Gasteiger partial charge < -0.3 is 4.98 Å². The number of nitrogens with one attached hydrogen (secondary N) is 1. The predicted octanol–water partition coefficient (Wildman–Crippen LogP) is 1.99. The number of fused-ring (bicyclic) bond motifs is 1. The van der Waals surface area contributed by atoms with Gasteiger partial charge in [0.05, 0.1) is 11.9 Å². The minimum absolute atomic E-state index is 0.142. The summed E-state index contributed by atoms with van der Waals surface area (Å²) >= 11 is 0. The van der Waals surface area contributed by atoms with Crippen LogP contribution in [0, 0.1) is 0 Å². The van der Waals surface area contributed by atoms with Crippen LogP contribution in [-0.2, 0) is 0 Å². The number of nitrogens with zero attached hydrogens (tertiary/aromatic N) is 2. The molecule has 17 heavy (non-hydrogen) atoms. The Kier molecular flexibility index (Phi) is 2.19. The van der Waals surface area contributed by atoms with E-state index in [9.17, 15) is 4.79 Å². The number of aromatic nitrogens is 3. The van der Waals surface area contributed by atoms with Gasteiger partial charge in [0.25, 0.3) is 5.56 Å². The van der Waals surface area contributed by atoms with E-state index >= 15 is 0 Å². The maximum Gasteiger partial charge on any atom is 0.258 e. The predicted molar refractivity (Wildman–Crippen MR) is 65.6 cm³/mol. The van der Waals surface area contributed by atoms with Gasteiger partial charge in [0.15, 0.2) is 0 Å². The number of aromatic amines is 1. The van der Waals surface area contributed by atoms with Gasteiger partial charge >= 0.3 is 0 Å². The third-order valence-corrected chi connectivity index (χ3v) is 2.69. The van der Waals surface area contributed by atoms with Gasteiger partial charge in [-0.25, -0.2) is 4.98 Å². The molecule has 2 aromatic heterocycles. The van der Waals surface area contributed by atoms with Crippen LogP contribution in [0.2, 0.25) is 0 Å². The van der Waals surface area contributed by atoms with Crippen molar-refractivity contribution in [3.63, 3.8) is 0 Å². The lowest BCUT2D eigenvalue weighted by Crippen LogP contribution is -2.08. The second-order valence-corrected chi connectivity index (χ2v) is 3.70. The number of pyridine rings is 1. The maximum absolute atomic E-state index is 11.7. The Morgan fingerprint density at radius 3 is 2.82 bits per heavy atom. The highest BCUT2D eigenvalue weighted by molar-refractivity contribution is 5.95. The highest BCUT2D eigenvalue weighted by atomic mass is 16.1. The lowest BCUT2D eigenvalue weighted by molar-refractivity contribution is 1.12. The molecular weight excluding hydrogens is 214 g/mol. The Hall–Kier alpha value is -2.49. The highest BCUT2D eigenvalue weighted by Crippen LogP contribution is 2.24. The summed E-state index contributed by atoms with van der Waals surface area (Å²) in [6.07, 6.45) is 6.45. The zero-order valence-corrected chi connectivity index (χ0v) is 8.92. The summed E-state index contributed by atoms with van der Waals surface area (Å²) in [5, 5.41) is 2.01. The molecule has 4 nitrogen and oxygen atoms in total. The number of H-pyrrole nitrogens is 1. The van der Waals surface area contributed by atoms with Crippen LogP contribution in [0.1, 0.15) is 0 Å². The lowest BCUT2D eigenvalue weighted by Gasteiger charge is -2.04. The summed E-state index contributed by atoms with van der Waals surface area (Å²) in [4.78, 5) is 22.4. The fourth-order valence-electron chi connectivity index (χ4n) is 1.88. The summed E-state index contributed by atoms with van der Waals surface area (Å²) < 4.78 is 0. The molecule has 0 bridgehead atoms. The van der Waals surface area contributed by atoms with Crippen molar-refractivity contribution < 1.29 is 0 Å². The zero-order chi connectivity index (χ0) is 11.7. The molecular formula is C13H9N3O. The average molecular weight is 223 g/mol. The second-order valence-electron chi connectivity index (χ2n) is 3.70. The van der Waals surface area contributed by atoms with Gasteiger partial charge in [0, 0.05) is 24.0 Å². The third kappa shape index (κ3) is 1.59. The molecule has 0 saturated heterocycles. The number of hydrogen-bond acceptors (Lipinski definition) is 3. The van der Waals surface area contributed by atoms with Crippen molar-refractivity contribution in [1.29, 1.82) is 0 Å². The van der Waals surface area contributed by atoms with Gasteiger partial charge in [-0.2, -0.15) is 0 Å². The van der Waals surface area contributed by atoms with Crippen molar-refractivity contribution in [3.05, 3.63) is 59.5 Å². The van der Waals surface area contributed by atoms with E-state index in [1.54, 1.807) is 18.6 Å². The molecule has 3 aromatic rings. The molecule has 0 atom stereocenters. The largest absolute Gasteiger partial charge is 0.313 e. The minimum atomic E-state index is -0.142. The van der Waals surface area contributed by atoms with Gasteiger partial charge in [-0.1, -0.05) is 18.2 Å². The summed E-state index contributed by atoms with van der Waals surface area (Å²) in [7, 11) is 0. The molecule has 0 amide bonds. The fraction of sp³-hybridized carbons (Fsp3) is 0. The van der Waals surface area contributed by atoms with Crippen LogP contribution in [0.4, 0.5) is 0 Å². The molecule has 0 radical (unpaired) electrons.